The predicted octanol–water partition coefficient (Wildman–Crippen LogP) is -8.10. The number of pyridine rings is 1. The molecule has 126 valence electrons. The maximum Gasteiger partial charge on any atom is 1.00 e. The van der Waals surface area contributed by atoms with E-state index in [1.54, 1.807) is 0 Å². The van der Waals surface area contributed by atoms with E-state index in [0.29, 0.717) is 0 Å². The van der Waals surface area contributed by atoms with E-state index in [-0.39, 0.29) is 110 Å². The van der Waals surface area contributed by atoms with Crippen molar-refractivity contribution >= 4 is 29.5 Å². The maximum absolute atomic E-state index is 12.1. The molecule has 27 heavy (non-hydrogen) atoms. The Balaban J connectivity index is -0.000000563. The number of ketones is 2. The van der Waals surface area contributed by atoms with Crippen molar-refractivity contribution in [1.82, 2.24) is 9.97 Å². The second-order valence-electron chi connectivity index (χ2n) is 4.82. The number of H-pyrrole nitrogens is 1. The van der Waals surface area contributed by atoms with Crippen molar-refractivity contribution in [3.05, 3.63) is 40.3 Å². The summed E-state index contributed by atoms with van der Waals surface area (Å²) in [5.74, 6) is -6.87. The molecule has 0 radical (unpaired) electrons. The Hall–Kier alpha value is -0.820. The van der Waals surface area contributed by atoms with Crippen LogP contribution >= 0.6 is 0 Å². The fourth-order valence-corrected chi connectivity index (χ4v) is 2.42. The quantitative estimate of drug-likeness (QED) is 0.287. The minimum atomic E-state index is -1.58. The molecule has 0 saturated carbocycles. The summed E-state index contributed by atoms with van der Waals surface area (Å²) >= 11 is 0. The Bertz CT molecular complexity index is 1010. The van der Waals surface area contributed by atoms with Crippen molar-refractivity contribution in [3.8, 4) is 11.3 Å². The van der Waals surface area contributed by atoms with Crippen LogP contribution in [0.15, 0.2) is 12.1 Å². The number of nitrogens with one attached hydrogen (secondary N) is 1. The summed E-state index contributed by atoms with van der Waals surface area (Å²) in [6.45, 7) is 0. The van der Waals surface area contributed by atoms with E-state index >= 15 is 0 Å². The van der Waals surface area contributed by atoms with E-state index in [2.05, 4.69) is 9.97 Å². The molecule has 0 fully saturated rings. The van der Waals surface area contributed by atoms with Gasteiger partial charge >= 0.3 is 107 Å². The largest absolute Gasteiger partial charge is 1.00 e. The number of rotatable bonds is 3. The van der Waals surface area contributed by atoms with Crippen LogP contribution in [0.5, 0.6) is 0 Å². The van der Waals surface area contributed by atoms with Crippen molar-refractivity contribution in [2.45, 2.75) is 0 Å². The van der Waals surface area contributed by atoms with Crippen molar-refractivity contribution in [2.24, 2.45) is 0 Å². The number of hydrogen-bond acceptors (Lipinski definition) is 6. The summed E-state index contributed by atoms with van der Waals surface area (Å²) in [6, 6.07) is 1.65. The van der Waals surface area contributed by atoms with Gasteiger partial charge in [0.15, 0.2) is 0 Å². The first kappa shape index (κ1) is 26.2. The van der Waals surface area contributed by atoms with Crippen LogP contribution in [-0.4, -0.2) is 54.8 Å². The number of fused-ring (bicyclic) bond motifs is 3. The van der Waals surface area contributed by atoms with Crippen molar-refractivity contribution in [2.75, 3.05) is 0 Å². The predicted molar refractivity (Wildman–Crippen MR) is 76.9 cm³/mol. The zero-order chi connectivity index (χ0) is 17.8. The number of hydrogen-bond donors (Lipinski definition) is 4. The molecule has 2 aromatic rings. The Morgan fingerprint density at radius 1 is 0.889 bits per heavy atom. The number of Topliss-reactive ketones (excluding diaryl/α,β-unsaturated/α-hetero) is 2. The third kappa shape index (κ3) is 4.44. The number of aromatic nitrogens is 2. The van der Waals surface area contributed by atoms with Crippen molar-refractivity contribution in [3.63, 3.8) is 0 Å². The van der Waals surface area contributed by atoms with Gasteiger partial charge in [0.05, 0.1) is 16.8 Å². The number of carbonyl (C=O) groups is 5. The van der Waals surface area contributed by atoms with Gasteiger partial charge in [-0.25, -0.2) is 19.4 Å². The van der Waals surface area contributed by atoms with E-state index in [9.17, 15) is 29.1 Å². The molecule has 4 N–H and O–H groups in total. The van der Waals surface area contributed by atoms with E-state index in [1.165, 1.54) is 0 Å². The van der Waals surface area contributed by atoms with Gasteiger partial charge in [-0.2, -0.15) is 0 Å². The first-order valence-electron chi connectivity index (χ1n) is 6.29. The molecule has 0 bridgehead atoms. The van der Waals surface area contributed by atoms with E-state index < -0.39 is 52.1 Å². The van der Waals surface area contributed by atoms with Gasteiger partial charge in [0, 0.05) is 5.56 Å². The summed E-state index contributed by atoms with van der Waals surface area (Å²) < 4.78 is 0. The molecule has 3 rings (SSSR count). The first-order chi connectivity index (χ1) is 11.2. The molecule has 0 saturated heterocycles. The standard InChI is InChI=1S/C14H6N2O8.3Na.3H/c17-10-4-2-6(14(23)24)15-8(4)7-3(12(19)20)1-5(13(21)22)16-9(7)11(10)18;;;;;;/h1-2,15H,(H,19,20)(H,21,22)(H,23,24);;;;;;/q;3*+1;3*-1. The molecule has 1 aliphatic rings. The van der Waals surface area contributed by atoms with Gasteiger partial charge in [0.25, 0.3) is 5.78 Å². The molecule has 1 aliphatic carbocycles. The maximum atomic E-state index is 12.1. The topological polar surface area (TPSA) is 175 Å². The summed E-state index contributed by atoms with van der Waals surface area (Å²) in [5.41, 5.74) is -3.21. The van der Waals surface area contributed by atoms with Crippen molar-refractivity contribution in [1.29, 1.82) is 0 Å². The average molecular weight is 402 g/mol. The van der Waals surface area contributed by atoms with Crippen LogP contribution in [0.4, 0.5) is 0 Å². The smallest absolute Gasteiger partial charge is 1.00 e. The van der Waals surface area contributed by atoms with Crippen molar-refractivity contribution < 1.29 is 132 Å². The molecule has 0 atom stereocenters. The van der Waals surface area contributed by atoms with Crippen LogP contribution in [-0.2, 0) is 0 Å². The van der Waals surface area contributed by atoms with Crippen LogP contribution in [0.2, 0.25) is 0 Å². The van der Waals surface area contributed by atoms with E-state index in [1.807, 2.05) is 0 Å². The molecule has 0 amide bonds. The molecule has 2 heterocycles. The number of carboxylic acid groups (broad SMARTS) is 3. The Morgan fingerprint density at radius 3 is 1.96 bits per heavy atom. The normalized spacial score (nSPS) is 11.1. The SMILES string of the molecule is O=C(O)c1cc(C(=O)O)c2c(n1)C(=O)C(=O)c1cc(C(=O)O)[nH]c1-2.[H-].[H-].[H-].[Na+].[Na+].[Na+]. The average Bonchev–Trinajstić information content (AvgIpc) is 2.96. The molecule has 2 aromatic heterocycles. The fraction of sp³-hybridized carbons (Fsp3) is 0. The summed E-state index contributed by atoms with van der Waals surface area (Å²) in [5, 5.41) is 27.3. The molecular weight excluding hydrogens is 393 g/mol. The van der Waals surface area contributed by atoms with Crippen LogP contribution in [0, 0.1) is 0 Å². The van der Waals surface area contributed by atoms with Crippen LogP contribution in [0.25, 0.3) is 11.3 Å². The third-order valence-corrected chi connectivity index (χ3v) is 3.43. The second-order valence-corrected chi connectivity index (χ2v) is 4.82. The van der Waals surface area contributed by atoms with Gasteiger partial charge < -0.3 is 24.6 Å². The first-order valence-corrected chi connectivity index (χ1v) is 6.29. The summed E-state index contributed by atoms with van der Waals surface area (Å²) in [6.07, 6.45) is 0. The van der Waals surface area contributed by atoms with Crippen LogP contribution in [0.3, 0.4) is 0 Å². The summed E-state index contributed by atoms with van der Waals surface area (Å²) in [7, 11) is 0. The zero-order valence-corrected chi connectivity index (χ0v) is 20.5. The van der Waals surface area contributed by atoms with Gasteiger partial charge in [0.1, 0.15) is 17.1 Å². The molecule has 0 aliphatic heterocycles. The molecule has 0 unspecified atom stereocenters. The van der Waals surface area contributed by atoms with Gasteiger partial charge in [-0.3, -0.25) is 9.59 Å². The number of carboxylic acids is 3. The van der Waals surface area contributed by atoms with Gasteiger partial charge in [-0.05, 0) is 12.1 Å². The fourth-order valence-electron chi connectivity index (χ4n) is 2.42. The molecular formula is C14H9N2Na3O8. The second kappa shape index (κ2) is 9.59. The minimum absolute atomic E-state index is 0. The molecule has 0 aromatic carbocycles. The van der Waals surface area contributed by atoms with Crippen LogP contribution in [0.1, 0.15) is 56.5 Å². The van der Waals surface area contributed by atoms with Gasteiger partial charge in [-0.15, -0.1) is 0 Å². The number of aromatic amines is 1. The van der Waals surface area contributed by atoms with Gasteiger partial charge in [-0.1, -0.05) is 0 Å². The third-order valence-electron chi connectivity index (χ3n) is 3.43. The van der Waals surface area contributed by atoms with Crippen LogP contribution < -0.4 is 88.7 Å². The molecule has 0 spiro atoms. The zero-order valence-electron chi connectivity index (χ0n) is 17.5. The Labute approximate surface area is 221 Å². The summed E-state index contributed by atoms with van der Waals surface area (Å²) in [4.78, 5) is 63.7. The molecule has 10 nitrogen and oxygen atoms in total. The number of nitrogens with zero attached hydrogens (tertiary/aromatic N) is 1. The minimum Gasteiger partial charge on any atom is -1.00 e. The van der Waals surface area contributed by atoms with Gasteiger partial charge in [0.2, 0.25) is 5.78 Å². The number of aromatic carboxylic acids is 3. The van der Waals surface area contributed by atoms with E-state index in [0.717, 1.165) is 12.1 Å². The molecule has 13 heteroatoms. The Morgan fingerprint density at radius 2 is 1.48 bits per heavy atom. The Kier molecular flexibility index (Phi) is 9.30. The monoisotopic (exact) mass is 402 g/mol. The number of carbonyl (C=O) groups excluding carboxylic acids is 2. The van der Waals surface area contributed by atoms with E-state index in [4.69, 9.17) is 10.2 Å².